The first kappa shape index (κ1) is 19.8. The summed E-state index contributed by atoms with van der Waals surface area (Å²) in [5.41, 5.74) is 4.84. The summed E-state index contributed by atoms with van der Waals surface area (Å²) in [5, 5.41) is 10.6. The molecule has 0 saturated carbocycles. The highest BCUT2D eigenvalue weighted by Gasteiger charge is 2.29. The lowest BCUT2D eigenvalue weighted by Crippen LogP contribution is -2.54. The lowest BCUT2D eigenvalue weighted by atomic mass is 10.0. The molecule has 6 heteroatoms. The monoisotopic (exact) mass is 399 g/mol. The van der Waals surface area contributed by atoms with Gasteiger partial charge in [-0.2, -0.15) is 0 Å². The Hall–Kier alpha value is -3.45. The van der Waals surface area contributed by atoms with Gasteiger partial charge in [0.2, 0.25) is 0 Å². The van der Waals surface area contributed by atoms with Crippen molar-refractivity contribution in [1.82, 2.24) is 16.0 Å². The minimum atomic E-state index is -0.182. The largest absolute Gasteiger partial charge is 0.298 e. The van der Waals surface area contributed by atoms with Gasteiger partial charge in [0.15, 0.2) is 0 Å². The normalized spacial score (nSPS) is 21.0. The Morgan fingerprint density at radius 1 is 0.433 bits per heavy atom. The fourth-order valence-electron chi connectivity index (χ4n) is 3.52. The quantitative estimate of drug-likeness (QED) is 0.552. The lowest BCUT2D eigenvalue weighted by Gasteiger charge is -2.39. The van der Waals surface area contributed by atoms with Crippen molar-refractivity contribution < 1.29 is 14.4 Å². The number of benzene rings is 3. The molecule has 0 atom stereocenters. The van der Waals surface area contributed by atoms with Crippen LogP contribution in [-0.2, 0) is 0 Å². The summed E-state index contributed by atoms with van der Waals surface area (Å²) in [6.45, 7) is 0. The maximum absolute atomic E-state index is 11.0. The van der Waals surface area contributed by atoms with E-state index in [0.717, 1.165) is 35.5 Å². The van der Waals surface area contributed by atoms with E-state index in [1.165, 1.54) is 0 Å². The Bertz CT molecular complexity index is 888. The molecule has 1 fully saturated rings. The molecule has 0 aliphatic carbocycles. The second-order valence-electron chi connectivity index (χ2n) is 7.15. The second-order valence-corrected chi connectivity index (χ2v) is 7.15. The molecule has 6 nitrogen and oxygen atoms in total. The van der Waals surface area contributed by atoms with Crippen molar-refractivity contribution in [2.75, 3.05) is 0 Å². The van der Waals surface area contributed by atoms with Gasteiger partial charge in [-0.25, -0.2) is 0 Å². The van der Waals surface area contributed by atoms with Gasteiger partial charge in [-0.15, -0.1) is 0 Å². The third-order valence-electron chi connectivity index (χ3n) is 5.22. The summed E-state index contributed by atoms with van der Waals surface area (Å²) in [4.78, 5) is 32.9. The number of nitrogens with one attached hydrogen (secondary N) is 3. The molecule has 150 valence electrons. The van der Waals surface area contributed by atoms with Crippen LogP contribution >= 0.6 is 0 Å². The Morgan fingerprint density at radius 2 is 0.667 bits per heavy atom. The molecule has 0 spiro atoms. The van der Waals surface area contributed by atoms with Crippen LogP contribution in [0.15, 0.2) is 72.8 Å². The standard InChI is InChI=1S/C24H21N3O3/c28-13-16-1-7-19(8-2-16)22-25-23(20-9-3-17(14-29)4-10-20)27-24(26-22)21-11-5-18(15-30)6-12-21/h1-15,22-27H. The van der Waals surface area contributed by atoms with E-state index in [2.05, 4.69) is 16.0 Å². The number of hydrogen-bond donors (Lipinski definition) is 3. The fraction of sp³-hybridized carbons (Fsp3) is 0.125. The van der Waals surface area contributed by atoms with Crippen molar-refractivity contribution >= 4 is 18.9 Å². The predicted molar refractivity (Wildman–Crippen MR) is 113 cm³/mol. The molecule has 0 aromatic heterocycles. The van der Waals surface area contributed by atoms with Crippen LogP contribution in [0.1, 0.15) is 66.3 Å². The molecular formula is C24H21N3O3. The third kappa shape index (κ3) is 4.26. The molecule has 0 radical (unpaired) electrons. The van der Waals surface area contributed by atoms with Crippen LogP contribution in [0.3, 0.4) is 0 Å². The molecule has 3 aromatic rings. The molecule has 30 heavy (non-hydrogen) atoms. The van der Waals surface area contributed by atoms with Crippen molar-refractivity contribution in [3.63, 3.8) is 0 Å². The number of carbonyl (C=O) groups excluding carboxylic acids is 3. The van der Waals surface area contributed by atoms with E-state index >= 15 is 0 Å². The van der Waals surface area contributed by atoms with Crippen LogP contribution < -0.4 is 16.0 Å². The Balaban J connectivity index is 1.65. The highest BCUT2D eigenvalue weighted by atomic mass is 16.1. The van der Waals surface area contributed by atoms with Gasteiger partial charge in [0.25, 0.3) is 0 Å². The maximum atomic E-state index is 11.0. The molecule has 0 unspecified atom stereocenters. The number of hydrogen-bond acceptors (Lipinski definition) is 6. The van der Waals surface area contributed by atoms with Gasteiger partial charge < -0.3 is 0 Å². The number of rotatable bonds is 6. The third-order valence-corrected chi connectivity index (χ3v) is 5.22. The summed E-state index contributed by atoms with van der Waals surface area (Å²) < 4.78 is 0. The lowest BCUT2D eigenvalue weighted by molar-refractivity contribution is 0.111. The first-order valence-electron chi connectivity index (χ1n) is 9.64. The van der Waals surface area contributed by atoms with Gasteiger partial charge in [0, 0.05) is 16.7 Å². The zero-order valence-corrected chi connectivity index (χ0v) is 16.1. The van der Waals surface area contributed by atoms with Crippen LogP contribution in [0.25, 0.3) is 0 Å². The molecule has 3 N–H and O–H groups in total. The molecule has 1 saturated heterocycles. The van der Waals surface area contributed by atoms with Crippen LogP contribution in [0.2, 0.25) is 0 Å². The Morgan fingerprint density at radius 3 is 0.867 bits per heavy atom. The zero-order chi connectivity index (χ0) is 20.9. The molecule has 1 aliphatic rings. The Kier molecular flexibility index (Phi) is 5.90. The van der Waals surface area contributed by atoms with Gasteiger partial charge in [-0.1, -0.05) is 72.8 Å². The summed E-state index contributed by atoms with van der Waals surface area (Å²) in [6, 6.07) is 22.2. The molecular weight excluding hydrogens is 378 g/mol. The average molecular weight is 399 g/mol. The minimum Gasteiger partial charge on any atom is -0.298 e. The molecule has 0 bridgehead atoms. The molecule has 1 aliphatic heterocycles. The van der Waals surface area contributed by atoms with Crippen molar-refractivity contribution in [1.29, 1.82) is 0 Å². The van der Waals surface area contributed by atoms with Gasteiger partial charge in [-0.3, -0.25) is 30.3 Å². The first-order chi connectivity index (χ1) is 14.7. The van der Waals surface area contributed by atoms with E-state index in [9.17, 15) is 14.4 Å². The zero-order valence-electron chi connectivity index (χ0n) is 16.1. The average Bonchev–Trinajstić information content (AvgIpc) is 2.84. The van der Waals surface area contributed by atoms with E-state index in [4.69, 9.17) is 0 Å². The minimum absolute atomic E-state index is 0.182. The van der Waals surface area contributed by atoms with Crippen LogP contribution in [-0.4, -0.2) is 18.9 Å². The maximum Gasteiger partial charge on any atom is 0.150 e. The van der Waals surface area contributed by atoms with E-state index in [0.29, 0.717) is 16.7 Å². The molecule has 4 rings (SSSR count). The number of aldehydes is 3. The predicted octanol–water partition coefficient (Wildman–Crippen LogP) is 3.30. The summed E-state index contributed by atoms with van der Waals surface area (Å²) in [6.07, 6.45) is 1.92. The van der Waals surface area contributed by atoms with Crippen LogP contribution in [0.4, 0.5) is 0 Å². The van der Waals surface area contributed by atoms with Gasteiger partial charge >= 0.3 is 0 Å². The second kappa shape index (κ2) is 8.92. The summed E-state index contributed by atoms with van der Waals surface area (Å²) >= 11 is 0. The molecule has 3 aromatic carbocycles. The smallest absolute Gasteiger partial charge is 0.150 e. The van der Waals surface area contributed by atoms with Crippen molar-refractivity contribution in [3.05, 3.63) is 106 Å². The van der Waals surface area contributed by atoms with E-state index in [1.807, 2.05) is 36.4 Å². The molecule has 1 heterocycles. The van der Waals surface area contributed by atoms with Gasteiger partial charge in [-0.05, 0) is 16.7 Å². The first-order valence-corrected chi connectivity index (χ1v) is 9.64. The van der Waals surface area contributed by atoms with Crippen LogP contribution in [0, 0.1) is 0 Å². The fourth-order valence-corrected chi connectivity index (χ4v) is 3.52. The van der Waals surface area contributed by atoms with E-state index < -0.39 is 0 Å². The van der Waals surface area contributed by atoms with Crippen molar-refractivity contribution in [2.45, 2.75) is 18.5 Å². The van der Waals surface area contributed by atoms with Crippen LogP contribution in [0.5, 0.6) is 0 Å². The summed E-state index contributed by atoms with van der Waals surface area (Å²) in [7, 11) is 0. The summed E-state index contributed by atoms with van der Waals surface area (Å²) in [5.74, 6) is 0. The van der Waals surface area contributed by atoms with Crippen molar-refractivity contribution in [3.8, 4) is 0 Å². The SMILES string of the molecule is O=Cc1ccc(C2NC(c3ccc(C=O)cc3)NC(c3ccc(C=O)cc3)N2)cc1. The topological polar surface area (TPSA) is 87.3 Å². The highest BCUT2D eigenvalue weighted by molar-refractivity contribution is 5.75. The van der Waals surface area contributed by atoms with Gasteiger partial charge in [0.05, 0.1) is 18.5 Å². The number of carbonyl (C=O) groups is 3. The molecule has 0 amide bonds. The van der Waals surface area contributed by atoms with Crippen molar-refractivity contribution in [2.24, 2.45) is 0 Å². The van der Waals surface area contributed by atoms with E-state index in [1.54, 1.807) is 36.4 Å². The highest BCUT2D eigenvalue weighted by Crippen LogP contribution is 2.27. The Labute approximate surface area is 174 Å². The van der Waals surface area contributed by atoms with Gasteiger partial charge in [0.1, 0.15) is 18.9 Å². The van der Waals surface area contributed by atoms with E-state index in [-0.39, 0.29) is 18.5 Å².